The lowest BCUT2D eigenvalue weighted by molar-refractivity contribution is 0.317. The summed E-state index contributed by atoms with van der Waals surface area (Å²) >= 11 is 3.44. The predicted octanol–water partition coefficient (Wildman–Crippen LogP) is 3.72. The fourth-order valence-electron chi connectivity index (χ4n) is 1.60. The van der Waals surface area contributed by atoms with Gasteiger partial charge in [-0.3, -0.25) is 0 Å². The maximum Gasteiger partial charge on any atom is 0.140 e. The van der Waals surface area contributed by atoms with Crippen molar-refractivity contribution in [2.45, 2.75) is 15.9 Å². The Morgan fingerprint density at radius 2 is 2.06 bits per heavy atom. The van der Waals surface area contributed by atoms with Crippen molar-refractivity contribution in [3.63, 3.8) is 0 Å². The van der Waals surface area contributed by atoms with Gasteiger partial charge in [-0.05, 0) is 17.0 Å². The van der Waals surface area contributed by atoms with E-state index in [1.807, 2.05) is 29.6 Å². The number of oxime groups is 1. The van der Waals surface area contributed by atoms with Gasteiger partial charge in [0, 0.05) is 11.7 Å². The Balaban J connectivity index is 2.18. The fraction of sp³-hybridized carbons (Fsp3) is 0.154. The van der Waals surface area contributed by atoms with Crippen LogP contribution in [0.25, 0.3) is 0 Å². The van der Waals surface area contributed by atoms with Gasteiger partial charge >= 0.3 is 0 Å². The molecule has 0 bridgehead atoms. The van der Waals surface area contributed by atoms with E-state index in [0.717, 1.165) is 0 Å². The Bertz CT molecular complexity index is 497. The van der Waals surface area contributed by atoms with Crippen LogP contribution in [0.2, 0.25) is 0 Å². The zero-order valence-corrected chi connectivity index (χ0v) is 11.3. The maximum absolute atomic E-state index is 8.71. The van der Waals surface area contributed by atoms with Crippen LogP contribution in [0.5, 0.6) is 0 Å². The Labute approximate surface area is 114 Å². The van der Waals surface area contributed by atoms with Crippen molar-refractivity contribution in [2.24, 2.45) is 10.9 Å². The number of hydrogen-bond donors (Lipinski definition) is 2. The van der Waals surface area contributed by atoms with Crippen molar-refractivity contribution < 1.29 is 5.21 Å². The highest BCUT2D eigenvalue weighted by molar-refractivity contribution is 8.01. The molecule has 0 radical (unpaired) electrons. The minimum Gasteiger partial charge on any atom is -0.409 e. The van der Waals surface area contributed by atoms with Gasteiger partial charge in [0.2, 0.25) is 0 Å². The number of amidine groups is 1. The molecule has 0 fully saturated rings. The van der Waals surface area contributed by atoms with Gasteiger partial charge in [-0.25, -0.2) is 0 Å². The summed E-state index contributed by atoms with van der Waals surface area (Å²) in [4.78, 5) is 0. The van der Waals surface area contributed by atoms with Crippen molar-refractivity contribution >= 4 is 28.9 Å². The highest BCUT2D eigenvalue weighted by atomic mass is 32.2. The summed E-state index contributed by atoms with van der Waals surface area (Å²) in [6, 6.07) is 14.2. The molecule has 3 nitrogen and oxygen atoms in total. The number of rotatable bonds is 5. The van der Waals surface area contributed by atoms with E-state index < -0.39 is 0 Å². The van der Waals surface area contributed by atoms with Gasteiger partial charge in [0.15, 0.2) is 0 Å². The zero-order valence-electron chi connectivity index (χ0n) is 9.69. The highest BCUT2D eigenvalue weighted by Crippen LogP contribution is 2.39. The largest absolute Gasteiger partial charge is 0.409 e. The lowest BCUT2D eigenvalue weighted by Crippen LogP contribution is -2.14. The average Bonchev–Trinajstić information content (AvgIpc) is 2.92. The summed E-state index contributed by atoms with van der Waals surface area (Å²) in [6.45, 7) is 0. The quantitative estimate of drug-likeness (QED) is 0.288. The van der Waals surface area contributed by atoms with Crippen LogP contribution in [0.1, 0.15) is 17.2 Å². The van der Waals surface area contributed by atoms with Crippen molar-refractivity contribution in [3.8, 4) is 0 Å². The molecule has 1 aromatic carbocycles. The van der Waals surface area contributed by atoms with Gasteiger partial charge in [0.1, 0.15) is 5.84 Å². The first-order valence-corrected chi connectivity index (χ1v) is 7.27. The normalized spacial score (nSPS) is 13.4. The second kappa shape index (κ2) is 6.47. The smallest absolute Gasteiger partial charge is 0.140 e. The van der Waals surface area contributed by atoms with Gasteiger partial charge < -0.3 is 10.9 Å². The van der Waals surface area contributed by atoms with E-state index in [-0.39, 0.29) is 11.1 Å². The molecule has 1 aromatic heterocycles. The topological polar surface area (TPSA) is 58.6 Å². The van der Waals surface area contributed by atoms with E-state index in [1.165, 1.54) is 9.77 Å². The van der Waals surface area contributed by atoms with Gasteiger partial charge in [-0.1, -0.05) is 41.6 Å². The first-order valence-electron chi connectivity index (χ1n) is 5.51. The summed E-state index contributed by atoms with van der Waals surface area (Å²) in [5.41, 5.74) is 6.81. The van der Waals surface area contributed by atoms with E-state index in [2.05, 4.69) is 23.4 Å². The van der Waals surface area contributed by atoms with Crippen LogP contribution in [-0.4, -0.2) is 11.0 Å². The third kappa shape index (κ3) is 3.51. The third-order valence-electron chi connectivity index (χ3n) is 2.45. The van der Waals surface area contributed by atoms with Gasteiger partial charge in [-0.15, -0.1) is 23.1 Å². The number of thioether (sulfide) groups is 1. The number of benzene rings is 1. The van der Waals surface area contributed by atoms with Crippen LogP contribution in [0.3, 0.4) is 0 Å². The molecule has 0 aliphatic rings. The molecule has 18 heavy (non-hydrogen) atoms. The van der Waals surface area contributed by atoms with Gasteiger partial charge in [0.25, 0.3) is 0 Å². The minimum atomic E-state index is 0.167. The lowest BCUT2D eigenvalue weighted by atomic mass is 10.1. The molecular formula is C13H14N2OS2. The molecule has 2 rings (SSSR count). The molecule has 3 N–H and O–H groups in total. The molecule has 0 amide bonds. The first kappa shape index (κ1) is 13.0. The molecule has 1 unspecified atom stereocenters. The molecule has 0 aliphatic carbocycles. The number of nitrogens with two attached hydrogens (primary N) is 1. The van der Waals surface area contributed by atoms with Crippen molar-refractivity contribution in [1.29, 1.82) is 0 Å². The summed E-state index contributed by atoms with van der Waals surface area (Å²) in [5, 5.41) is 14.0. The Morgan fingerprint density at radius 3 is 2.67 bits per heavy atom. The molecular weight excluding hydrogens is 264 g/mol. The Hall–Kier alpha value is -1.46. The summed E-state index contributed by atoms with van der Waals surface area (Å²) in [6.07, 6.45) is 0.531. The Morgan fingerprint density at radius 1 is 1.28 bits per heavy atom. The average molecular weight is 278 g/mol. The second-order valence-electron chi connectivity index (χ2n) is 3.74. The number of nitrogens with zero attached hydrogens (tertiary/aromatic N) is 1. The standard InChI is InChI=1S/C13H14N2OS2/c14-12(15-16)9-11(10-5-2-1-3-6-10)18-13-7-4-8-17-13/h1-8,11,16H,9H2,(H2,14,15). The van der Waals surface area contributed by atoms with E-state index in [0.29, 0.717) is 6.42 Å². The van der Waals surface area contributed by atoms with Crippen molar-refractivity contribution in [3.05, 3.63) is 53.4 Å². The fourth-order valence-corrected chi connectivity index (χ4v) is 3.77. The molecule has 0 spiro atoms. The van der Waals surface area contributed by atoms with Gasteiger partial charge in [-0.2, -0.15) is 0 Å². The van der Waals surface area contributed by atoms with Crippen molar-refractivity contribution in [2.75, 3.05) is 0 Å². The summed E-state index contributed by atoms with van der Waals surface area (Å²) in [7, 11) is 0. The third-order valence-corrected chi connectivity index (χ3v) is 4.78. The monoisotopic (exact) mass is 278 g/mol. The van der Waals surface area contributed by atoms with Gasteiger partial charge in [0.05, 0.1) is 4.21 Å². The van der Waals surface area contributed by atoms with Crippen LogP contribution >= 0.6 is 23.1 Å². The van der Waals surface area contributed by atoms with E-state index >= 15 is 0 Å². The maximum atomic E-state index is 8.71. The first-order chi connectivity index (χ1) is 8.79. The summed E-state index contributed by atoms with van der Waals surface area (Å²) < 4.78 is 1.23. The molecule has 94 valence electrons. The SMILES string of the molecule is NC(CC(Sc1cccs1)c1ccccc1)=NO. The molecule has 0 saturated carbocycles. The highest BCUT2D eigenvalue weighted by Gasteiger charge is 2.15. The van der Waals surface area contributed by atoms with E-state index in [1.54, 1.807) is 23.1 Å². The molecule has 0 saturated heterocycles. The second-order valence-corrected chi connectivity index (χ2v) is 6.20. The van der Waals surface area contributed by atoms with Crippen LogP contribution in [0.4, 0.5) is 0 Å². The number of hydrogen-bond acceptors (Lipinski definition) is 4. The molecule has 1 atom stereocenters. The molecule has 0 aliphatic heterocycles. The zero-order chi connectivity index (χ0) is 12.8. The Kier molecular flexibility index (Phi) is 4.66. The summed E-state index contributed by atoms with van der Waals surface area (Å²) in [5.74, 6) is 0.257. The van der Waals surface area contributed by atoms with Crippen LogP contribution in [0, 0.1) is 0 Å². The predicted molar refractivity (Wildman–Crippen MR) is 77.4 cm³/mol. The van der Waals surface area contributed by atoms with E-state index in [4.69, 9.17) is 10.9 Å². The van der Waals surface area contributed by atoms with Crippen LogP contribution in [0.15, 0.2) is 57.2 Å². The van der Waals surface area contributed by atoms with E-state index in [9.17, 15) is 0 Å². The minimum absolute atomic E-state index is 0.167. The molecule has 5 heteroatoms. The van der Waals surface area contributed by atoms with Crippen LogP contribution in [-0.2, 0) is 0 Å². The van der Waals surface area contributed by atoms with Crippen molar-refractivity contribution in [1.82, 2.24) is 0 Å². The number of thiophene rings is 1. The molecule has 1 heterocycles. The lowest BCUT2D eigenvalue weighted by Gasteiger charge is -2.15. The molecule has 2 aromatic rings. The van der Waals surface area contributed by atoms with Crippen LogP contribution < -0.4 is 5.73 Å².